The molecule has 0 atom stereocenters. The van der Waals surface area contributed by atoms with Crippen LogP contribution in [-0.2, 0) is 0 Å². The molecular formula is C31H41ClN6O2. The van der Waals surface area contributed by atoms with E-state index in [9.17, 15) is 0 Å². The average Bonchev–Trinajstić information content (AvgIpc) is 2.94. The van der Waals surface area contributed by atoms with Gasteiger partial charge in [0.1, 0.15) is 17.4 Å². The first-order chi connectivity index (χ1) is 19.0. The molecule has 0 amide bonds. The monoisotopic (exact) mass is 564 g/mol. The van der Waals surface area contributed by atoms with Gasteiger partial charge in [0, 0.05) is 68.2 Å². The number of aromatic nitrogens is 3. The summed E-state index contributed by atoms with van der Waals surface area (Å²) in [7, 11) is 2.16. The predicted octanol–water partition coefficient (Wildman–Crippen LogP) is 5.13. The van der Waals surface area contributed by atoms with Crippen LogP contribution in [0.15, 0.2) is 31.1 Å². The van der Waals surface area contributed by atoms with Crippen molar-refractivity contribution in [2.45, 2.75) is 45.6 Å². The molecule has 3 saturated heterocycles. The number of piperidine rings is 2. The molecule has 3 aliphatic rings. The number of halogens is 1. The maximum atomic E-state index is 6.50. The Kier molecular flexibility index (Phi) is 8.50. The van der Waals surface area contributed by atoms with Crippen LogP contribution < -0.4 is 19.7 Å². The first kappa shape index (κ1) is 28.6. The second-order valence-electron chi connectivity index (χ2n) is 11.4. The van der Waals surface area contributed by atoms with Gasteiger partial charge in [0.15, 0.2) is 5.75 Å². The van der Waals surface area contributed by atoms with Gasteiger partial charge in [-0.3, -0.25) is 4.98 Å². The van der Waals surface area contributed by atoms with E-state index in [2.05, 4.69) is 46.7 Å². The van der Waals surface area contributed by atoms with Gasteiger partial charge in [-0.1, -0.05) is 12.7 Å². The number of pyridine rings is 1. The molecule has 3 aliphatic heterocycles. The van der Waals surface area contributed by atoms with Crippen LogP contribution >= 0.6 is 12.4 Å². The fourth-order valence-corrected chi connectivity index (χ4v) is 6.24. The van der Waals surface area contributed by atoms with Gasteiger partial charge in [-0.25, -0.2) is 0 Å². The summed E-state index contributed by atoms with van der Waals surface area (Å²) < 4.78 is 12.9. The zero-order chi connectivity index (χ0) is 27.0. The van der Waals surface area contributed by atoms with Crippen LogP contribution in [0, 0.1) is 12.3 Å². The second-order valence-corrected chi connectivity index (χ2v) is 11.4. The summed E-state index contributed by atoms with van der Waals surface area (Å²) in [4.78, 5) is 19.3. The second kappa shape index (κ2) is 11.9. The molecule has 0 unspecified atom stereocenters. The van der Waals surface area contributed by atoms with Crippen LogP contribution in [0.3, 0.4) is 0 Å². The molecule has 6 rings (SSSR count). The highest BCUT2D eigenvalue weighted by molar-refractivity contribution is 6.02. The van der Waals surface area contributed by atoms with Crippen LogP contribution in [0.2, 0.25) is 0 Å². The molecule has 5 heterocycles. The Balaban J connectivity index is 0.00000323. The summed E-state index contributed by atoms with van der Waals surface area (Å²) in [6.07, 6.45) is 10.0. The van der Waals surface area contributed by atoms with E-state index in [0.29, 0.717) is 18.0 Å². The molecule has 3 aromatic rings. The zero-order valence-electron chi connectivity index (χ0n) is 23.9. The summed E-state index contributed by atoms with van der Waals surface area (Å²) in [5.41, 5.74) is 5.35. The third-order valence-corrected chi connectivity index (χ3v) is 8.81. The molecule has 0 aliphatic carbocycles. The number of benzene rings is 1. The van der Waals surface area contributed by atoms with Crippen LogP contribution in [0.5, 0.6) is 11.8 Å². The van der Waals surface area contributed by atoms with Gasteiger partial charge < -0.3 is 24.6 Å². The van der Waals surface area contributed by atoms with E-state index in [0.717, 1.165) is 110 Å². The fraction of sp³-hybridized carbons (Fsp3) is 0.516. The Bertz CT molecular complexity index is 1360. The number of anilines is 1. The van der Waals surface area contributed by atoms with Crippen molar-refractivity contribution < 1.29 is 9.47 Å². The van der Waals surface area contributed by atoms with Crippen LogP contribution in [0.1, 0.15) is 43.7 Å². The normalized spacial score (nSPS) is 19.2. The topological polar surface area (TPSA) is 75.6 Å². The first-order valence-electron chi connectivity index (χ1n) is 14.4. The molecule has 8 nitrogen and oxygen atoms in total. The maximum Gasteiger partial charge on any atom is 0.319 e. The number of rotatable bonds is 7. The molecule has 0 bridgehead atoms. The number of aryl methyl sites for hydroxylation is 1. The summed E-state index contributed by atoms with van der Waals surface area (Å²) in [5.74, 6) is 1.68. The highest BCUT2D eigenvalue weighted by atomic mass is 35.5. The number of hydrogen-bond donors (Lipinski definition) is 1. The van der Waals surface area contributed by atoms with Crippen molar-refractivity contribution >= 4 is 35.2 Å². The lowest BCUT2D eigenvalue weighted by Crippen LogP contribution is -2.58. The summed E-state index contributed by atoms with van der Waals surface area (Å²) >= 11 is 0. The minimum absolute atomic E-state index is 0. The van der Waals surface area contributed by atoms with E-state index >= 15 is 0 Å². The molecular weight excluding hydrogens is 524 g/mol. The quantitative estimate of drug-likeness (QED) is 0.423. The number of likely N-dealkylation sites (tertiary alicyclic amines) is 1. The third-order valence-electron chi connectivity index (χ3n) is 8.81. The van der Waals surface area contributed by atoms with Gasteiger partial charge in [0.2, 0.25) is 0 Å². The van der Waals surface area contributed by atoms with Crippen molar-refractivity contribution in [1.82, 2.24) is 25.2 Å². The van der Waals surface area contributed by atoms with E-state index in [-0.39, 0.29) is 18.5 Å². The number of fused-ring (bicyclic) bond motifs is 1. The molecule has 1 N–H and O–H groups in total. The summed E-state index contributed by atoms with van der Waals surface area (Å²) in [6.45, 7) is 15.0. The van der Waals surface area contributed by atoms with Crippen molar-refractivity contribution in [3.8, 4) is 22.9 Å². The first-order valence-corrected chi connectivity index (χ1v) is 14.4. The van der Waals surface area contributed by atoms with Crippen LogP contribution in [0.25, 0.3) is 28.1 Å². The van der Waals surface area contributed by atoms with E-state index in [1.54, 1.807) is 0 Å². The number of nitrogens with zero attached hydrogens (tertiary/aromatic N) is 5. The smallest absolute Gasteiger partial charge is 0.319 e. The Labute approximate surface area is 243 Å². The molecule has 1 spiro atoms. The van der Waals surface area contributed by atoms with Gasteiger partial charge in [0.05, 0.1) is 6.61 Å². The SMILES string of the molecule is C=Cc1cc2c(N3CCC4(CC3)CNC4)nc(OC3CCN(C)CC3)nc2c(OCC)c1-c1cnccc1C.Cl. The molecule has 1 aromatic carbocycles. The van der Waals surface area contributed by atoms with Gasteiger partial charge in [0.25, 0.3) is 0 Å². The zero-order valence-corrected chi connectivity index (χ0v) is 24.7. The molecule has 0 saturated carbocycles. The maximum absolute atomic E-state index is 6.50. The van der Waals surface area contributed by atoms with E-state index in [1.165, 1.54) is 0 Å². The highest BCUT2D eigenvalue weighted by Crippen LogP contribution is 2.45. The van der Waals surface area contributed by atoms with Crippen molar-refractivity contribution in [2.24, 2.45) is 5.41 Å². The molecule has 40 heavy (non-hydrogen) atoms. The van der Waals surface area contributed by atoms with Crippen molar-refractivity contribution in [3.63, 3.8) is 0 Å². The Hall–Kier alpha value is -2.94. The lowest BCUT2D eigenvalue weighted by atomic mass is 9.73. The standard InChI is InChI=1S/C31H40N6O2.ClH/c1-5-22-17-24-27(28(38-6-2)26(22)25-18-32-12-7-21(25)3)34-30(39-23-8-13-36(4)14-9-23)35-29(24)37-15-10-31(11-16-37)19-33-20-31;/h5,7,12,17-18,23,33H,1,6,8-11,13-16,19-20H2,2-4H3;1H. The van der Waals surface area contributed by atoms with Crippen molar-refractivity contribution in [2.75, 3.05) is 57.8 Å². The van der Waals surface area contributed by atoms with Crippen molar-refractivity contribution in [3.05, 3.63) is 42.2 Å². The number of ether oxygens (including phenoxy) is 2. The predicted molar refractivity (Wildman–Crippen MR) is 164 cm³/mol. The van der Waals surface area contributed by atoms with Crippen molar-refractivity contribution in [1.29, 1.82) is 0 Å². The van der Waals surface area contributed by atoms with Gasteiger partial charge in [-0.2, -0.15) is 9.97 Å². The lowest BCUT2D eigenvalue weighted by Gasteiger charge is -2.48. The van der Waals surface area contributed by atoms with Crippen LogP contribution in [0.4, 0.5) is 5.82 Å². The molecule has 3 fully saturated rings. The minimum Gasteiger partial charge on any atom is -0.491 e. The van der Waals surface area contributed by atoms with E-state index in [4.69, 9.17) is 19.4 Å². The lowest BCUT2D eigenvalue weighted by molar-refractivity contribution is 0.105. The molecule has 9 heteroatoms. The highest BCUT2D eigenvalue weighted by Gasteiger charge is 2.40. The fourth-order valence-electron chi connectivity index (χ4n) is 6.24. The number of nitrogens with one attached hydrogen (secondary N) is 1. The average molecular weight is 565 g/mol. The Morgan fingerprint density at radius 2 is 1.90 bits per heavy atom. The van der Waals surface area contributed by atoms with Gasteiger partial charge >= 0.3 is 6.01 Å². The minimum atomic E-state index is 0. The molecule has 214 valence electrons. The Morgan fingerprint density at radius 1 is 1.15 bits per heavy atom. The van der Waals surface area contributed by atoms with E-state index < -0.39 is 0 Å². The molecule has 2 aromatic heterocycles. The third kappa shape index (κ3) is 5.37. The number of hydrogen-bond acceptors (Lipinski definition) is 8. The largest absolute Gasteiger partial charge is 0.491 e. The van der Waals surface area contributed by atoms with Gasteiger partial charge in [-0.05, 0) is 75.3 Å². The molecule has 0 radical (unpaired) electrons. The summed E-state index contributed by atoms with van der Waals surface area (Å²) in [5, 5.41) is 4.46. The van der Waals surface area contributed by atoms with Gasteiger partial charge in [-0.15, -0.1) is 12.4 Å². The van der Waals surface area contributed by atoms with Crippen LogP contribution in [-0.4, -0.2) is 78.9 Å². The van der Waals surface area contributed by atoms with E-state index in [1.807, 2.05) is 31.5 Å². The summed E-state index contributed by atoms with van der Waals surface area (Å²) in [6, 6.07) is 4.65. The Morgan fingerprint density at radius 3 is 2.52 bits per heavy atom.